The molecule has 0 atom stereocenters. The maximum atomic E-state index is 11.7. The number of nitrogens with zero attached hydrogens (tertiary/aromatic N) is 1. The number of carbonyl (C=O) groups is 1. The van der Waals surface area contributed by atoms with E-state index in [1.54, 1.807) is 12.1 Å². The Morgan fingerprint density at radius 1 is 1.00 bits per heavy atom. The third kappa shape index (κ3) is 5.97. The Kier molecular flexibility index (Phi) is 7.17. The first-order valence-corrected chi connectivity index (χ1v) is 7.98. The Morgan fingerprint density at radius 2 is 1.71 bits per heavy atom. The first-order chi connectivity index (χ1) is 11.7. The van der Waals surface area contributed by atoms with E-state index in [0.717, 1.165) is 30.4 Å². The molecule has 0 aliphatic heterocycles. The Balaban J connectivity index is 1.63. The van der Waals surface area contributed by atoms with E-state index in [1.165, 1.54) is 0 Å². The lowest BCUT2D eigenvalue weighted by atomic mass is 9.75. The number of aryl methyl sites for hydroxylation is 1. The molecule has 0 heterocycles. The Morgan fingerprint density at radius 3 is 2.38 bits per heavy atom. The zero-order valence-corrected chi connectivity index (χ0v) is 13.4. The van der Waals surface area contributed by atoms with E-state index in [-0.39, 0.29) is 5.97 Å². The van der Waals surface area contributed by atoms with Crippen LogP contribution in [0.25, 0.3) is 0 Å². The second-order valence-electron chi connectivity index (χ2n) is 5.57. The van der Waals surface area contributed by atoms with E-state index in [2.05, 4.69) is 5.09 Å². The van der Waals surface area contributed by atoms with Gasteiger partial charge in [0.25, 0.3) is 0 Å². The van der Waals surface area contributed by atoms with Crippen LogP contribution in [0.1, 0.15) is 30.4 Å². The minimum absolute atomic E-state index is 0.186. The number of nitroso groups, excluding NO2 is 1. The molecule has 0 saturated heterocycles. The van der Waals surface area contributed by atoms with Gasteiger partial charge in [0, 0.05) is 6.42 Å². The van der Waals surface area contributed by atoms with Crippen molar-refractivity contribution in [3.8, 4) is 0 Å². The summed E-state index contributed by atoms with van der Waals surface area (Å²) in [5.74, 6) is -0.186. The second-order valence-corrected chi connectivity index (χ2v) is 5.57. The molecule has 0 aromatic heterocycles. The highest BCUT2D eigenvalue weighted by Gasteiger charge is 2.14. The Bertz CT molecular complexity index is 646. The van der Waals surface area contributed by atoms with E-state index in [0.29, 0.717) is 18.5 Å². The van der Waals surface area contributed by atoms with Crippen molar-refractivity contribution in [2.24, 2.45) is 5.09 Å². The summed E-state index contributed by atoms with van der Waals surface area (Å²) in [6, 6.07) is 16.7. The lowest BCUT2D eigenvalue weighted by Crippen LogP contribution is -2.27. The number of hydrogen-bond acceptors (Lipinski definition) is 5. The molecule has 0 aliphatic rings. The first kappa shape index (κ1) is 17.9. The number of hydrogen-bond donors (Lipinski definition) is 1. The quantitative estimate of drug-likeness (QED) is 0.333. The van der Waals surface area contributed by atoms with E-state index in [4.69, 9.17) is 4.74 Å². The fourth-order valence-corrected chi connectivity index (χ4v) is 2.33. The second kappa shape index (κ2) is 9.62. The predicted molar refractivity (Wildman–Crippen MR) is 93.6 cm³/mol. The van der Waals surface area contributed by atoms with Crippen LogP contribution in [0.4, 0.5) is 0 Å². The van der Waals surface area contributed by atoms with E-state index < -0.39 is 7.05 Å². The molecule has 1 N–H and O–H groups in total. The van der Waals surface area contributed by atoms with Gasteiger partial charge in [0.2, 0.25) is 0 Å². The molecule has 5 nitrogen and oxygen atoms in total. The molecule has 0 fully saturated rings. The summed E-state index contributed by atoms with van der Waals surface area (Å²) in [6.45, 7) is 0.314. The summed E-state index contributed by atoms with van der Waals surface area (Å²) in [4.78, 5) is 22.0. The summed E-state index contributed by atoms with van der Waals surface area (Å²) in [5.41, 5.74) is 2.56. The van der Waals surface area contributed by atoms with Crippen molar-refractivity contribution in [1.82, 2.24) is 0 Å². The van der Waals surface area contributed by atoms with Gasteiger partial charge in [-0.05, 0) is 35.9 Å². The third-order valence-electron chi connectivity index (χ3n) is 3.72. The molecule has 0 spiro atoms. The molecule has 24 heavy (non-hydrogen) atoms. The summed E-state index contributed by atoms with van der Waals surface area (Å²) >= 11 is 0. The van der Waals surface area contributed by atoms with Crippen molar-refractivity contribution in [2.75, 3.05) is 0 Å². The minimum atomic E-state index is -1.31. The van der Waals surface area contributed by atoms with Gasteiger partial charge in [-0.3, -0.25) is 4.79 Å². The van der Waals surface area contributed by atoms with Gasteiger partial charge in [-0.1, -0.05) is 59.7 Å². The largest absolute Gasteiger partial charge is 0.517 e. The molecule has 0 unspecified atom stereocenters. The van der Waals surface area contributed by atoms with Crippen molar-refractivity contribution in [3.05, 3.63) is 70.6 Å². The normalized spacial score (nSPS) is 10.2. The average Bonchev–Trinajstić information content (AvgIpc) is 2.64. The number of carbonyl (C=O) groups excluding carboxylic acids is 1. The van der Waals surface area contributed by atoms with Crippen LogP contribution in [0.5, 0.6) is 0 Å². The van der Waals surface area contributed by atoms with Crippen LogP contribution in [0.2, 0.25) is 0 Å². The summed E-state index contributed by atoms with van der Waals surface area (Å²) in [5, 5.41) is 11.9. The van der Waals surface area contributed by atoms with Crippen molar-refractivity contribution in [3.63, 3.8) is 0 Å². The van der Waals surface area contributed by atoms with Gasteiger partial charge in [-0.25, -0.2) is 0 Å². The Hall–Kier alpha value is -2.47. The third-order valence-corrected chi connectivity index (χ3v) is 3.72. The van der Waals surface area contributed by atoms with Crippen LogP contribution in [-0.2, 0) is 22.6 Å². The van der Waals surface area contributed by atoms with E-state index >= 15 is 0 Å². The molecule has 0 amide bonds. The molecule has 124 valence electrons. The van der Waals surface area contributed by atoms with Crippen molar-refractivity contribution in [1.29, 1.82) is 0 Å². The molecule has 2 rings (SSSR count). The van der Waals surface area contributed by atoms with Crippen molar-refractivity contribution in [2.45, 2.75) is 32.3 Å². The van der Waals surface area contributed by atoms with Gasteiger partial charge in [-0.15, -0.1) is 0 Å². The van der Waals surface area contributed by atoms with Crippen molar-refractivity contribution < 1.29 is 14.6 Å². The molecule has 0 radical (unpaired) electrons. The van der Waals surface area contributed by atoms with Gasteiger partial charge in [0.15, 0.2) is 0 Å². The summed E-state index contributed by atoms with van der Waals surface area (Å²) in [6.07, 6.45) is 2.86. The highest BCUT2D eigenvalue weighted by atomic mass is 16.5. The van der Waals surface area contributed by atoms with Crippen LogP contribution in [0.3, 0.4) is 0 Å². The van der Waals surface area contributed by atoms with Gasteiger partial charge in [-0.2, -0.15) is 4.91 Å². The standard InChI is InChI=1S/C18H20BNO4/c21-18(24-14-16-7-2-1-3-8-16)9-5-4-6-15-10-12-17(13-11-15)19(22)20-23/h1-3,7-8,10-13,22H,4-6,9,14H2. The molecule has 2 aromatic rings. The molecule has 0 aliphatic carbocycles. The molecule has 2 aromatic carbocycles. The van der Waals surface area contributed by atoms with Gasteiger partial charge < -0.3 is 9.76 Å². The average molecular weight is 325 g/mol. The monoisotopic (exact) mass is 325 g/mol. The minimum Gasteiger partial charge on any atom is -0.461 e. The molecular weight excluding hydrogens is 305 g/mol. The van der Waals surface area contributed by atoms with Gasteiger partial charge >= 0.3 is 13.0 Å². The SMILES string of the molecule is O=NB(O)c1ccc(CCCCC(=O)OCc2ccccc2)cc1. The van der Waals surface area contributed by atoms with Gasteiger partial charge in [0.1, 0.15) is 6.61 Å². The Labute approximate surface area is 141 Å². The number of unbranched alkanes of at least 4 members (excludes halogenated alkanes) is 1. The molecular formula is C18H20BNO4. The maximum absolute atomic E-state index is 11.7. The fraction of sp³-hybridized carbons (Fsp3) is 0.278. The van der Waals surface area contributed by atoms with Crippen LogP contribution in [-0.4, -0.2) is 18.0 Å². The van der Waals surface area contributed by atoms with E-state index in [1.807, 2.05) is 42.5 Å². The van der Waals surface area contributed by atoms with Crippen LogP contribution in [0, 0.1) is 4.91 Å². The van der Waals surface area contributed by atoms with Crippen LogP contribution >= 0.6 is 0 Å². The van der Waals surface area contributed by atoms with Crippen LogP contribution < -0.4 is 5.46 Å². The number of ether oxygens (including phenoxy) is 1. The lowest BCUT2D eigenvalue weighted by molar-refractivity contribution is -0.145. The summed E-state index contributed by atoms with van der Waals surface area (Å²) < 4.78 is 5.23. The molecule has 0 bridgehead atoms. The van der Waals surface area contributed by atoms with Gasteiger partial charge in [0.05, 0.1) is 0 Å². The maximum Gasteiger partial charge on any atom is 0.517 e. The highest BCUT2D eigenvalue weighted by Crippen LogP contribution is 2.08. The zero-order valence-electron chi connectivity index (χ0n) is 13.4. The highest BCUT2D eigenvalue weighted by molar-refractivity contribution is 6.64. The van der Waals surface area contributed by atoms with E-state index in [9.17, 15) is 14.7 Å². The molecule has 0 saturated carbocycles. The van der Waals surface area contributed by atoms with Crippen molar-refractivity contribution >= 4 is 18.5 Å². The van der Waals surface area contributed by atoms with Crippen LogP contribution in [0.15, 0.2) is 59.7 Å². The number of rotatable bonds is 9. The smallest absolute Gasteiger partial charge is 0.461 e. The predicted octanol–water partition coefficient (Wildman–Crippen LogP) is 2.60. The molecule has 6 heteroatoms. The zero-order chi connectivity index (χ0) is 17.2. The number of esters is 1. The lowest BCUT2D eigenvalue weighted by Gasteiger charge is -2.05. The summed E-state index contributed by atoms with van der Waals surface area (Å²) in [7, 11) is -1.31. The fourth-order valence-electron chi connectivity index (χ4n) is 2.33. The number of benzene rings is 2. The topological polar surface area (TPSA) is 76.0 Å². The first-order valence-electron chi connectivity index (χ1n) is 7.98.